The molecule has 9 nitrogen and oxygen atoms in total. The highest BCUT2D eigenvalue weighted by Gasteiger charge is 2.29. The molecule has 4 heterocycles. The van der Waals surface area contributed by atoms with Crippen molar-refractivity contribution < 1.29 is 9.53 Å². The summed E-state index contributed by atoms with van der Waals surface area (Å²) in [5.41, 5.74) is 9.14. The van der Waals surface area contributed by atoms with Crippen LogP contribution in [0.2, 0.25) is 0 Å². The second-order valence-corrected chi connectivity index (χ2v) is 8.57. The van der Waals surface area contributed by atoms with Crippen molar-refractivity contribution in [3.63, 3.8) is 0 Å². The summed E-state index contributed by atoms with van der Waals surface area (Å²) in [7, 11) is 1.87. The Morgan fingerprint density at radius 1 is 1.28 bits per heavy atom. The molecule has 154 valence electrons. The first kappa shape index (κ1) is 19.2. The number of aryl methyl sites for hydroxylation is 1. The molecule has 0 aliphatic carbocycles. The number of nitrogens with zero attached hydrogens (tertiary/aromatic N) is 6. The minimum atomic E-state index is -0.512. The number of anilines is 1. The molecule has 1 fully saturated rings. The molecule has 0 bridgehead atoms. The number of aromatic nitrogens is 5. The zero-order valence-corrected chi connectivity index (χ0v) is 17.3. The van der Waals surface area contributed by atoms with Crippen molar-refractivity contribution in [3.05, 3.63) is 30.4 Å². The van der Waals surface area contributed by atoms with Crippen molar-refractivity contribution in [1.82, 2.24) is 29.3 Å². The minimum Gasteiger partial charge on any atom is -0.444 e. The summed E-state index contributed by atoms with van der Waals surface area (Å²) in [5.74, 6) is 0.620. The van der Waals surface area contributed by atoms with E-state index in [-0.39, 0.29) is 12.0 Å². The third kappa shape index (κ3) is 3.90. The molecular formula is C20H27N7O2. The van der Waals surface area contributed by atoms with E-state index in [2.05, 4.69) is 10.2 Å². The van der Waals surface area contributed by atoms with E-state index in [0.717, 1.165) is 29.7 Å². The minimum absolute atomic E-state index is 0.0974. The number of amides is 1. The molecule has 9 heteroatoms. The van der Waals surface area contributed by atoms with Gasteiger partial charge in [0.2, 0.25) is 0 Å². The van der Waals surface area contributed by atoms with Crippen LogP contribution in [0.4, 0.5) is 10.6 Å². The second-order valence-electron chi connectivity index (χ2n) is 8.57. The number of carbonyl (C=O) groups excluding carboxylic acids is 1. The highest BCUT2D eigenvalue weighted by molar-refractivity contribution is 5.77. The summed E-state index contributed by atoms with van der Waals surface area (Å²) in [4.78, 5) is 19.1. The molecule has 1 saturated heterocycles. The van der Waals surface area contributed by atoms with Gasteiger partial charge in [0, 0.05) is 49.4 Å². The molecule has 2 N–H and O–H groups in total. The molecule has 1 unspecified atom stereocenters. The van der Waals surface area contributed by atoms with Gasteiger partial charge in [-0.2, -0.15) is 14.7 Å². The van der Waals surface area contributed by atoms with E-state index in [4.69, 9.17) is 15.5 Å². The Balaban J connectivity index is 1.64. The maximum Gasteiger partial charge on any atom is 0.410 e. The Hall–Kier alpha value is -3.10. The average Bonchev–Trinajstić information content (AvgIpc) is 3.26. The highest BCUT2D eigenvalue weighted by atomic mass is 16.6. The number of fused-ring (bicyclic) bond motifs is 1. The summed E-state index contributed by atoms with van der Waals surface area (Å²) in [6.07, 6.45) is 7.02. The zero-order chi connectivity index (χ0) is 20.8. The summed E-state index contributed by atoms with van der Waals surface area (Å²) in [6.45, 7) is 6.89. The number of nitrogen functional groups attached to an aromatic ring is 1. The van der Waals surface area contributed by atoms with Crippen molar-refractivity contribution in [2.75, 3.05) is 18.8 Å². The van der Waals surface area contributed by atoms with Crippen LogP contribution in [0.5, 0.6) is 0 Å². The van der Waals surface area contributed by atoms with E-state index in [1.165, 1.54) is 0 Å². The summed E-state index contributed by atoms with van der Waals surface area (Å²) < 4.78 is 8.92. The van der Waals surface area contributed by atoms with Gasteiger partial charge in [-0.15, -0.1) is 0 Å². The molecule has 1 aliphatic rings. The third-order valence-corrected chi connectivity index (χ3v) is 5.03. The Morgan fingerprint density at radius 3 is 2.76 bits per heavy atom. The Kier molecular flexibility index (Phi) is 4.68. The Bertz CT molecular complexity index is 1050. The first-order valence-corrected chi connectivity index (χ1v) is 9.82. The molecule has 3 aromatic heterocycles. The molecule has 0 spiro atoms. The third-order valence-electron chi connectivity index (χ3n) is 5.03. The normalized spacial score (nSPS) is 17.7. The van der Waals surface area contributed by atoms with E-state index in [1.54, 1.807) is 26.5 Å². The Labute approximate surface area is 169 Å². The fourth-order valence-electron chi connectivity index (χ4n) is 3.69. The zero-order valence-electron chi connectivity index (χ0n) is 17.3. The van der Waals surface area contributed by atoms with Gasteiger partial charge in [-0.3, -0.25) is 4.68 Å². The SMILES string of the molecule is Cn1cc(-c2cnn3c(N)cc(C4CCCN(C(=O)OC(C)(C)C)C4)nc23)cn1. The number of nitrogens with two attached hydrogens (primary N) is 1. The lowest BCUT2D eigenvalue weighted by Crippen LogP contribution is -2.42. The fourth-order valence-corrected chi connectivity index (χ4v) is 3.69. The topological polar surface area (TPSA) is 104 Å². The van der Waals surface area contributed by atoms with Gasteiger partial charge in [0.05, 0.1) is 18.1 Å². The monoisotopic (exact) mass is 397 g/mol. The molecule has 0 aromatic carbocycles. The largest absolute Gasteiger partial charge is 0.444 e. The van der Waals surface area contributed by atoms with Crippen molar-refractivity contribution in [3.8, 4) is 11.1 Å². The van der Waals surface area contributed by atoms with Crippen LogP contribution in [-0.4, -0.2) is 54.1 Å². The molecule has 1 aliphatic heterocycles. The van der Waals surface area contributed by atoms with Gasteiger partial charge in [-0.25, -0.2) is 9.78 Å². The van der Waals surface area contributed by atoms with Gasteiger partial charge >= 0.3 is 6.09 Å². The maximum absolute atomic E-state index is 12.5. The lowest BCUT2D eigenvalue weighted by atomic mass is 9.94. The predicted octanol–water partition coefficient (Wildman–Crippen LogP) is 2.83. The van der Waals surface area contributed by atoms with Crippen molar-refractivity contribution >= 4 is 17.6 Å². The van der Waals surface area contributed by atoms with E-state index < -0.39 is 5.60 Å². The highest BCUT2D eigenvalue weighted by Crippen LogP contribution is 2.30. The molecule has 1 amide bonds. The van der Waals surface area contributed by atoms with Crippen LogP contribution in [-0.2, 0) is 11.8 Å². The number of ether oxygens (including phenoxy) is 1. The number of hydrogen-bond acceptors (Lipinski definition) is 6. The Morgan fingerprint density at radius 2 is 2.07 bits per heavy atom. The molecule has 0 radical (unpaired) electrons. The first-order valence-electron chi connectivity index (χ1n) is 9.82. The van der Waals surface area contributed by atoms with Crippen LogP contribution in [0.1, 0.15) is 45.2 Å². The van der Waals surface area contributed by atoms with Gasteiger partial charge in [-0.05, 0) is 33.6 Å². The second kappa shape index (κ2) is 7.06. The van der Waals surface area contributed by atoms with Crippen molar-refractivity contribution in [2.45, 2.75) is 45.1 Å². The first-order chi connectivity index (χ1) is 13.7. The number of carbonyl (C=O) groups is 1. The van der Waals surface area contributed by atoms with E-state index in [9.17, 15) is 4.79 Å². The number of piperidine rings is 1. The van der Waals surface area contributed by atoms with Crippen LogP contribution in [0, 0.1) is 0 Å². The van der Waals surface area contributed by atoms with Crippen LogP contribution in [0.25, 0.3) is 16.8 Å². The fraction of sp³-hybridized carbons (Fsp3) is 0.500. The van der Waals surface area contributed by atoms with Gasteiger partial charge in [0.15, 0.2) is 5.65 Å². The smallest absolute Gasteiger partial charge is 0.410 e. The molecular weight excluding hydrogens is 370 g/mol. The van der Waals surface area contributed by atoms with Gasteiger partial charge < -0.3 is 15.4 Å². The lowest BCUT2D eigenvalue weighted by Gasteiger charge is -2.34. The molecule has 1 atom stereocenters. The van der Waals surface area contributed by atoms with Crippen LogP contribution in [0.15, 0.2) is 24.7 Å². The number of hydrogen-bond donors (Lipinski definition) is 1. The average molecular weight is 397 g/mol. The van der Waals surface area contributed by atoms with Crippen LogP contribution < -0.4 is 5.73 Å². The van der Waals surface area contributed by atoms with E-state index in [0.29, 0.717) is 24.6 Å². The van der Waals surface area contributed by atoms with E-state index in [1.807, 2.05) is 40.1 Å². The number of rotatable bonds is 2. The molecule has 4 rings (SSSR count). The molecule has 29 heavy (non-hydrogen) atoms. The predicted molar refractivity (Wildman–Crippen MR) is 109 cm³/mol. The van der Waals surface area contributed by atoms with Gasteiger partial charge in [-0.1, -0.05) is 0 Å². The summed E-state index contributed by atoms with van der Waals surface area (Å²) in [6, 6.07) is 1.86. The quantitative estimate of drug-likeness (QED) is 0.713. The standard InChI is InChI=1S/C20H27N7O2/c1-20(2,3)29-19(28)26-7-5-6-13(12-26)16-8-17(21)27-18(24-16)15(10-23-27)14-9-22-25(4)11-14/h8-11,13H,5-7,12,21H2,1-4H3. The lowest BCUT2D eigenvalue weighted by molar-refractivity contribution is 0.0197. The molecule has 3 aromatic rings. The number of likely N-dealkylation sites (tertiary alicyclic amines) is 1. The van der Waals surface area contributed by atoms with Crippen LogP contribution in [0.3, 0.4) is 0 Å². The van der Waals surface area contributed by atoms with E-state index >= 15 is 0 Å². The maximum atomic E-state index is 12.5. The van der Waals surface area contributed by atoms with Crippen molar-refractivity contribution in [2.24, 2.45) is 7.05 Å². The van der Waals surface area contributed by atoms with Gasteiger partial charge in [0.1, 0.15) is 11.4 Å². The van der Waals surface area contributed by atoms with Gasteiger partial charge in [0.25, 0.3) is 0 Å². The molecule has 0 saturated carbocycles. The summed E-state index contributed by atoms with van der Waals surface area (Å²) >= 11 is 0. The summed E-state index contributed by atoms with van der Waals surface area (Å²) in [5, 5.41) is 8.62. The van der Waals surface area contributed by atoms with Crippen LogP contribution >= 0.6 is 0 Å². The van der Waals surface area contributed by atoms with Crippen molar-refractivity contribution in [1.29, 1.82) is 0 Å².